The first-order valence-electron chi connectivity index (χ1n) is 5.97. The predicted octanol–water partition coefficient (Wildman–Crippen LogP) is 2.41. The van der Waals surface area contributed by atoms with Gasteiger partial charge in [0.1, 0.15) is 0 Å². The number of carboxylic acid groups (broad SMARTS) is 1. The maximum Gasteiger partial charge on any atom is 0.335 e. The number of nitrogens with one attached hydrogen (secondary N) is 2. The molecule has 1 heterocycles. The molecule has 0 saturated carbocycles. The number of thiocarbonyl (C=S) groups is 1. The highest BCUT2D eigenvalue weighted by Gasteiger charge is 2.11. The summed E-state index contributed by atoms with van der Waals surface area (Å²) in [6, 6.07) is 7.67. The van der Waals surface area contributed by atoms with E-state index < -0.39 is 11.9 Å². The summed E-state index contributed by atoms with van der Waals surface area (Å²) < 4.78 is 4.95. The highest BCUT2D eigenvalue weighted by atomic mass is 32.1. The number of carbonyl (C=O) groups excluding carboxylic acids is 1. The molecular weight excluding hydrogens is 292 g/mol. The standard InChI is InChI=1S/C14H12N2O4S/c1-8-7-9(13(18)19)4-5-10(8)15-14(21)16-12(17)11-3-2-6-20-11/h2-7H,1H3,(H,18,19)(H2,15,16,17,21). The van der Waals surface area contributed by atoms with Crippen molar-refractivity contribution in [1.29, 1.82) is 0 Å². The van der Waals surface area contributed by atoms with E-state index in [2.05, 4.69) is 10.6 Å². The van der Waals surface area contributed by atoms with Crippen LogP contribution in [0.5, 0.6) is 0 Å². The number of anilines is 1. The molecule has 0 aliphatic carbocycles. The van der Waals surface area contributed by atoms with Crippen LogP contribution in [0.4, 0.5) is 5.69 Å². The lowest BCUT2D eigenvalue weighted by Crippen LogP contribution is -2.34. The summed E-state index contributed by atoms with van der Waals surface area (Å²) in [5.74, 6) is -1.31. The van der Waals surface area contributed by atoms with Crippen LogP contribution in [0.15, 0.2) is 41.0 Å². The van der Waals surface area contributed by atoms with E-state index in [1.165, 1.54) is 24.5 Å². The van der Waals surface area contributed by atoms with Crippen LogP contribution in [0, 0.1) is 6.92 Å². The molecule has 7 heteroatoms. The van der Waals surface area contributed by atoms with E-state index in [4.69, 9.17) is 21.7 Å². The van der Waals surface area contributed by atoms with E-state index in [1.807, 2.05) is 0 Å². The molecule has 3 N–H and O–H groups in total. The largest absolute Gasteiger partial charge is 0.478 e. The van der Waals surface area contributed by atoms with Crippen LogP contribution in [0.1, 0.15) is 26.5 Å². The third-order valence-corrected chi connectivity index (χ3v) is 2.90. The van der Waals surface area contributed by atoms with Crippen molar-refractivity contribution in [3.63, 3.8) is 0 Å². The fourth-order valence-electron chi connectivity index (χ4n) is 1.66. The molecule has 0 spiro atoms. The Bertz CT molecular complexity index is 695. The van der Waals surface area contributed by atoms with Gasteiger partial charge in [0.15, 0.2) is 10.9 Å². The lowest BCUT2D eigenvalue weighted by atomic mass is 10.1. The summed E-state index contributed by atoms with van der Waals surface area (Å²) in [6.45, 7) is 1.74. The van der Waals surface area contributed by atoms with Crippen molar-refractivity contribution in [2.75, 3.05) is 5.32 Å². The van der Waals surface area contributed by atoms with Crippen LogP contribution in [0.2, 0.25) is 0 Å². The zero-order valence-corrected chi connectivity index (χ0v) is 11.9. The van der Waals surface area contributed by atoms with Crippen LogP contribution >= 0.6 is 12.2 Å². The molecule has 0 aliphatic rings. The van der Waals surface area contributed by atoms with Crippen molar-refractivity contribution < 1.29 is 19.1 Å². The minimum atomic E-state index is -1.00. The summed E-state index contributed by atoms with van der Waals surface area (Å²) >= 11 is 5.03. The zero-order valence-electron chi connectivity index (χ0n) is 11.0. The Morgan fingerprint density at radius 2 is 2.05 bits per heavy atom. The van der Waals surface area contributed by atoms with E-state index in [9.17, 15) is 9.59 Å². The molecule has 2 aromatic rings. The summed E-state index contributed by atoms with van der Waals surface area (Å²) in [6.07, 6.45) is 1.39. The second-order valence-corrected chi connectivity index (χ2v) is 4.63. The number of aromatic carboxylic acids is 1. The Morgan fingerprint density at radius 3 is 2.62 bits per heavy atom. The number of rotatable bonds is 3. The lowest BCUT2D eigenvalue weighted by molar-refractivity contribution is 0.0696. The molecule has 1 aromatic heterocycles. The van der Waals surface area contributed by atoms with Crippen molar-refractivity contribution in [2.45, 2.75) is 6.92 Å². The van der Waals surface area contributed by atoms with Crippen LogP contribution in [0.3, 0.4) is 0 Å². The molecule has 0 atom stereocenters. The third kappa shape index (κ3) is 3.67. The predicted molar refractivity (Wildman–Crippen MR) is 80.5 cm³/mol. The molecule has 21 heavy (non-hydrogen) atoms. The van der Waals surface area contributed by atoms with E-state index in [0.29, 0.717) is 11.3 Å². The van der Waals surface area contributed by atoms with Gasteiger partial charge in [-0.1, -0.05) is 0 Å². The average molecular weight is 304 g/mol. The van der Waals surface area contributed by atoms with E-state index in [1.54, 1.807) is 19.1 Å². The number of aryl methyl sites for hydroxylation is 1. The molecule has 1 amide bonds. The van der Waals surface area contributed by atoms with Crippen LogP contribution in [-0.4, -0.2) is 22.1 Å². The third-order valence-electron chi connectivity index (χ3n) is 2.69. The van der Waals surface area contributed by atoms with Gasteiger partial charge in [-0.3, -0.25) is 10.1 Å². The van der Waals surface area contributed by atoms with Gasteiger partial charge < -0.3 is 14.8 Å². The van der Waals surface area contributed by atoms with Crippen LogP contribution in [-0.2, 0) is 0 Å². The molecule has 108 valence electrons. The molecule has 0 radical (unpaired) electrons. The second-order valence-electron chi connectivity index (χ2n) is 4.22. The van der Waals surface area contributed by atoms with Gasteiger partial charge in [0.05, 0.1) is 11.8 Å². The minimum Gasteiger partial charge on any atom is -0.478 e. The van der Waals surface area contributed by atoms with Crippen molar-refractivity contribution in [2.24, 2.45) is 0 Å². The van der Waals surface area contributed by atoms with E-state index >= 15 is 0 Å². The Hall–Kier alpha value is -2.67. The van der Waals surface area contributed by atoms with Gasteiger partial charge in [0, 0.05) is 5.69 Å². The number of furan rings is 1. The number of hydrogen-bond acceptors (Lipinski definition) is 4. The first-order valence-corrected chi connectivity index (χ1v) is 6.38. The second kappa shape index (κ2) is 6.19. The number of carbonyl (C=O) groups is 2. The molecule has 6 nitrogen and oxygen atoms in total. The quantitative estimate of drug-likeness (QED) is 0.754. The lowest BCUT2D eigenvalue weighted by Gasteiger charge is -2.11. The number of amides is 1. The Morgan fingerprint density at radius 1 is 1.29 bits per heavy atom. The fraction of sp³-hybridized carbons (Fsp3) is 0.0714. The van der Waals surface area contributed by atoms with Gasteiger partial charge in [0.25, 0.3) is 5.91 Å². The molecule has 0 fully saturated rings. The van der Waals surface area contributed by atoms with Crippen molar-refractivity contribution >= 4 is 34.9 Å². The number of hydrogen-bond donors (Lipinski definition) is 3. The maximum atomic E-state index is 11.7. The van der Waals surface area contributed by atoms with Crippen LogP contribution < -0.4 is 10.6 Å². The normalized spacial score (nSPS) is 9.95. The first kappa shape index (κ1) is 14.7. The molecule has 0 aliphatic heterocycles. The Labute approximate surface area is 125 Å². The molecule has 0 saturated heterocycles. The molecular formula is C14H12N2O4S. The number of carboxylic acids is 1. The van der Waals surface area contributed by atoms with Gasteiger partial charge in [0.2, 0.25) is 0 Å². The topological polar surface area (TPSA) is 91.6 Å². The monoisotopic (exact) mass is 304 g/mol. The highest BCUT2D eigenvalue weighted by Crippen LogP contribution is 2.16. The summed E-state index contributed by atoms with van der Waals surface area (Å²) in [5, 5.41) is 14.3. The summed E-state index contributed by atoms with van der Waals surface area (Å²) in [4.78, 5) is 22.6. The Balaban J connectivity index is 2.03. The van der Waals surface area contributed by atoms with Gasteiger partial charge in [-0.25, -0.2) is 4.79 Å². The van der Waals surface area contributed by atoms with Gasteiger partial charge in [-0.05, 0) is 55.0 Å². The first-order chi connectivity index (χ1) is 9.97. The maximum absolute atomic E-state index is 11.7. The highest BCUT2D eigenvalue weighted by molar-refractivity contribution is 7.80. The fourth-order valence-corrected chi connectivity index (χ4v) is 1.87. The molecule has 1 aromatic carbocycles. The summed E-state index contributed by atoms with van der Waals surface area (Å²) in [7, 11) is 0. The SMILES string of the molecule is Cc1cc(C(=O)O)ccc1NC(=S)NC(=O)c1ccco1. The van der Waals surface area contributed by atoms with Gasteiger partial charge in [-0.15, -0.1) is 0 Å². The molecule has 0 bridgehead atoms. The zero-order chi connectivity index (χ0) is 15.4. The minimum absolute atomic E-state index is 0.0996. The van der Waals surface area contributed by atoms with Crippen molar-refractivity contribution in [1.82, 2.24) is 5.32 Å². The van der Waals surface area contributed by atoms with E-state index in [0.717, 1.165) is 0 Å². The van der Waals surface area contributed by atoms with Crippen LogP contribution in [0.25, 0.3) is 0 Å². The summed E-state index contributed by atoms with van der Waals surface area (Å²) in [5.41, 5.74) is 1.50. The van der Waals surface area contributed by atoms with E-state index in [-0.39, 0.29) is 16.4 Å². The average Bonchev–Trinajstić information content (AvgIpc) is 2.94. The van der Waals surface area contributed by atoms with Crippen molar-refractivity contribution in [3.05, 3.63) is 53.5 Å². The van der Waals surface area contributed by atoms with Gasteiger partial charge in [-0.2, -0.15) is 0 Å². The molecule has 0 unspecified atom stereocenters. The smallest absolute Gasteiger partial charge is 0.335 e. The number of benzene rings is 1. The van der Waals surface area contributed by atoms with Gasteiger partial charge >= 0.3 is 5.97 Å². The van der Waals surface area contributed by atoms with Crippen molar-refractivity contribution in [3.8, 4) is 0 Å². The Kier molecular flexibility index (Phi) is 4.34. The molecule has 2 rings (SSSR count).